The normalized spacial score (nSPS) is 47.9. The molecular weight excluding hydrogens is 460 g/mol. The van der Waals surface area contributed by atoms with Gasteiger partial charge in [0.05, 0.1) is 13.2 Å². The maximum atomic E-state index is 6.87. The molecule has 2 heterocycles. The lowest BCUT2D eigenvalue weighted by atomic mass is 9.46. The van der Waals surface area contributed by atoms with Gasteiger partial charge in [-0.05, 0) is 137 Å². The summed E-state index contributed by atoms with van der Waals surface area (Å²) < 4.78 is 24.9. The summed E-state index contributed by atoms with van der Waals surface area (Å²) in [6.07, 6.45) is 17.5. The summed E-state index contributed by atoms with van der Waals surface area (Å²) in [7, 11) is 0. The van der Waals surface area contributed by atoms with Crippen molar-refractivity contribution in [3.05, 3.63) is 22.8 Å². The van der Waals surface area contributed by atoms with Crippen LogP contribution in [0.4, 0.5) is 0 Å². The number of ether oxygens (including phenoxy) is 4. The zero-order valence-corrected chi connectivity index (χ0v) is 22.6. The van der Waals surface area contributed by atoms with Crippen LogP contribution >= 0.6 is 0 Å². The van der Waals surface area contributed by atoms with E-state index in [0.717, 1.165) is 48.7 Å². The minimum absolute atomic E-state index is 0.284. The molecule has 1 aromatic rings. The van der Waals surface area contributed by atoms with E-state index in [0.29, 0.717) is 13.2 Å². The lowest BCUT2D eigenvalue weighted by Crippen LogP contribution is -2.50. The van der Waals surface area contributed by atoms with E-state index in [1.54, 1.807) is 0 Å². The van der Waals surface area contributed by atoms with Crippen LogP contribution in [0.5, 0.6) is 11.5 Å². The smallest absolute Gasteiger partial charge is 0.126 e. The summed E-state index contributed by atoms with van der Waals surface area (Å²) in [5, 5.41) is 0. The summed E-state index contributed by atoms with van der Waals surface area (Å²) in [6, 6.07) is 2.54. The highest BCUT2D eigenvalue weighted by molar-refractivity contribution is 5.59. The van der Waals surface area contributed by atoms with Crippen LogP contribution in [-0.4, -0.2) is 38.6 Å². The summed E-state index contributed by atoms with van der Waals surface area (Å²) in [4.78, 5) is 0. The van der Waals surface area contributed by atoms with E-state index in [1.807, 2.05) is 0 Å². The van der Waals surface area contributed by atoms with Gasteiger partial charge in [-0.25, -0.2) is 0 Å². The van der Waals surface area contributed by atoms with E-state index in [9.17, 15) is 0 Å². The zero-order valence-electron chi connectivity index (χ0n) is 22.6. The number of hydrogen-bond acceptors (Lipinski definition) is 4. The van der Waals surface area contributed by atoms with Gasteiger partial charge in [0.1, 0.15) is 36.9 Å². The van der Waals surface area contributed by atoms with Gasteiger partial charge >= 0.3 is 0 Å². The van der Waals surface area contributed by atoms with Crippen molar-refractivity contribution in [2.75, 3.05) is 26.4 Å². The molecule has 4 nitrogen and oxygen atoms in total. The minimum atomic E-state index is 0.284. The van der Waals surface area contributed by atoms with Gasteiger partial charge in [-0.15, -0.1) is 0 Å². The van der Waals surface area contributed by atoms with Crippen LogP contribution in [0.15, 0.2) is 6.07 Å². The van der Waals surface area contributed by atoms with Crippen molar-refractivity contribution in [2.45, 2.75) is 107 Å². The van der Waals surface area contributed by atoms with Gasteiger partial charge in [-0.1, -0.05) is 0 Å². The molecule has 10 fully saturated rings. The van der Waals surface area contributed by atoms with Crippen LogP contribution in [0.1, 0.15) is 93.7 Å². The van der Waals surface area contributed by atoms with Crippen molar-refractivity contribution in [3.8, 4) is 11.5 Å². The predicted molar refractivity (Wildman–Crippen MR) is 141 cm³/mol. The summed E-state index contributed by atoms with van der Waals surface area (Å²) in [5.74, 6) is 7.93. The maximum Gasteiger partial charge on any atom is 0.126 e. The average Bonchev–Trinajstić information content (AvgIpc) is 3.75. The molecule has 0 aromatic heterocycles. The lowest BCUT2D eigenvalue weighted by molar-refractivity contribution is -0.00929. The first-order valence-electron chi connectivity index (χ1n) is 15.7. The van der Waals surface area contributed by atoms with Crippen LogP contribution in [0.25, 0.3) is 0 Å². The second-order valence-corrected chi connectivity index (χ2v) is 15.2. The molecule has 0 N–H and O–H groups in total. The Morgan fingerprint density at radius 3 is 1.57 bits per heavy atom. The van der Waals surface area contributed by atoms with Crippen molar-refractivity contribution < 1.29 is 18.9 Å². The fourth-order valence-corrected chi connectivity index (χ4v) is 11.7. The van der Waals surface area contributed by atoms with E-state index in [4.69, 9.17) is 18.9 Å². The topological polar surface area (TPSA) is 43.5 Å². The van der Waals surface area contributed by atoms with E-state index in [1.165, 1.54) is 105 Å². The molecule has 8 bridgehead atoms. The van der Waals surface area contributed by atoms with Crippen LogP contribution in [0, 0.1) is 42.4 Å². The highest BCUT2D eigenvalue weighted by atomic mass is 16.6. The Kier molecular flexibility index (Phi) is 4.82. The molecule has 2 unspecified atom stereocenters. The zero-order chi connectivity index (χ0) is 24.4. The molecule has 4 heteroatoms. The third kappa shape index (κ3) is 3.67. The van der Waals surface area contributed by atoms with Crippen LogP contribution in [-0.2, 0) is 20.3 Å². The molecule has 8 aliphatic carbocycles. The van der Waals surface area contributed by atoms with Crippen molar-refractivity contribution >= 4 is 0 Å². The Bertz CT molecular complexity index is 1030. The van der Waals surface area contributed by atoms with Crippen molar-refractivity contribution in [3.63, 3.8) is 0 Å². The van der Waals surface area contributed by atoms with Gasteiger partial charge < -0.3 is 18.9 Å². The summed E-state index contributed by atoms with van der Waals surface area (Å²) >= 11 is 0. The average molecular weight is 505 g/mol. The Morgan fingerprint density at radius 2 is 1.11 bits per heavy atom. The third-order valence-electron chi connectivity index (χ3n) is 12.3. The first-order valence-corrected chi connectivity index (χ1v) is 15.7. The van der Waals surface area contributed by atoms with Gasteiger partial charge in [0.25, 0.3) is 0 Å². The van der Waals surface area contributed by atoms with Gasteiger partial charge in [0, 0.05) is 16.5 Å². The Morgan fingerprint density at radius 1 is 0.676 bits per heavy atom. The fourth-order valence-electron chi connectivity index (χ4n) is 11.7. The van der Waals surface area contributed by atoms with Gasteiger partial charge in [-0.3, -0.25) is 0 Å². The van der Waals surface area contributed by atoms with E-state index in [2.05, 4.69) is 13.0 Å². The standard InChI is InChI=1S/C33H44O4/c1-19-30(33-12-23-5-24(13-33)7-25(6-23)14-33)29(36-17-26-15-34-26)8-28(31(19)37-18-27-16-35-27)32-9-20-2-21(10-32)4-22(3-20)11-32/h8,20-27H,2-7,9-18H2,1H3. The highest BCUT2D eigenvalue weighted by Gasteiger charge is 2.56. The molecule has 1 aromatic carbocycles. The monoisotopic (exact) mass is 504 g/mol. The number of epoxide rings is 2. The number of benzene rings is 1. The molecule has 200 valence electrons. The third-order valence-corrected chi connectivity index (χ3v) is 12.3. The SMILES string of the molecule is Cc1c(OCC2CO2)c(C23CC4CC(CC(C4)C2)C3)cc(OCC2CO2)c1C12CC3CC(CC(C3)C1)C2. The molecular formula is C33H44O4. The molecule has 0 radical (unpaired) electrons. The van der Waals surface area contributed by atoms with Crippen LogP contribution < -0.4 is 9.47 Å². The Balaban J connectivity index is 1.20. The molecule has 10 aliphatic rings. The van der Waals surface area contributed by atoms with E-state index in [-0.39, 0.29) is 23.0 Å². The Labute approximate surface area is 222 Å². The van der Waals surface area contributed by atoms with Crippen molar-refractivity contribution in [2.24, 2.45) is 35.5 Å². The predicted octanol–water partition coefficient (Wildman–Crippen LogP) is 6.49. The van der Waals surface area contributed by atoms with Gasteiger partial charge in [0.15, 0.2) is 0 Å². The first kappa shape index (κ1) is 22.5. The quantitative estimate of drug-likeness (QED) is 0.380. The molecule has 8 saturated carbocycles. The molecule has 2 saturated heterocycles. The van der Waals surface area contributed by atoms with Crippen molar-refractivity contribution in [1.82, 2.24) is 0 Å². The molecule has 0 amide bonds. The molecule has 11 rings (SSSR count). The minimum Gasteiger partial charge on any atom is -0.490 e. The largest absolute Gasteiger partial charge is 0.490 e. The molecule has 37 heavy (non-hydrogen) atoms. The molecule has 0 spiro atoms. The van der Waals surface area contributed by atoms with Crippen molar-refractivity contribution in [1.29, 1.82) is 0 Å². The maximum absolute atomic E-state index is 6.87. The summed E-state index contributed by atoms with van der Waals surface area (Å²) in [6.45, 7) is 5.53. The van der Waals surface area contributed by atoms with Gasteiger partial charge in [-0.2, -0.15) is 0 Å². The van der Waals surface area contributed by atoms with Gasteiger partial charge in [0.2, 0.25) is 0 Å². The lowest BCUT2D eigenvalue weighted by Gasteiger charge is -2.58. The van der Waals surface area contributed by atoms with Crippen LogP contribution in [0.3, 0.4) is 0 Å². The second-order valence-electron chi connectivity index (χ2n) is 15.2. The number of rotatable bonds is 8. The van der Waals surface area contributed by atoms with E-state index < -0.39 is 0 Å². The Hall–Kier alpha value is -1.26. The summed E-state index contributed by atoms with van der Waals surface area (Å²) in [5.41, 5.74) is 5.03. The molecule has 2 aliphatic heterocycles. The highest BCUT2D eigenvalue weighted by Crippen LogP contribution is 2.66. The molecule has 2 atom stereocenters. The van der Waals surface area contributed by atoms with E-state index >= 15 is 0 Å². The fraction of sp³-hybridized carbons (Fsp3) is 0.818. The number of hydrogen-bond donors (Lipinski definition) is 0. The second kappa shape index (κ2) is 7.90. The van der Waals surface area contributed by atoms with Crippen LogP contribution in [0.2, 0.25) is 0 Å². The first-order chi connectivity index (χ1) is 18.0.